The Kier molecular flexibility index (Phi) is 12.0. The highest BCUT2D eigenvalue weighted by atomic mass is 16.5. The zero-order valence-electron chi connectivity index (χ0n) is 23.3. The molecule has 1 aliphatic carbocycles. The standard InChI is InChI=1S/C30H41N7O3/c1-23-12-14-26(15-13-23)34-30-36-28(35-29(37-30)33-22-24-8-4-2-5-9-24)32-17-19-40-21-20-39-18-16-31-27(38)25-10-6-3-7-11-25/h2-11,23,26H,12-22H2,1H3,(H,31,38)(H3,32,33,34,35,36,37). The normalized spacial score (nSPS) is 16.7. The lowest BCUT2D eigenvalue weighted by Crippen LogP contribution is -2.27. The van der Waals surface area contributed by atoms with E-state index in [1.165, 1.54) is 12.8 Å². The number of hydrogen-bond donors (Lipinski definition) is 4. The Morgan fingerprint density at radius 2 is 1.35 bits per heavy atom. The number of aromatic nitrogens is 3. The van der Waals surface area contributed by atoms with Gasteiger partial charge in [0.05, 0.1) is 26.4 Å². The van der Waals surface area contributed by atoms with E-state index in [-0.39, 0.29) is 5.91 Å². The SMILES string of the molecule is CC1CCC(Nc2nc(NCCOCCOCCNC(=O)c3ccccc3)nc(NCc3ccccc3)n2)CC1. The molecule has 0 radical (unpaired) electrons. The number of nitrogens with zero attached hydrogens (tertiary/aromatic N) is 3. The van der Waals surface area contributed by atoms with Crippen molar-refractivity contribution in [2.24, 2.45) is 5.92 Å². The molecule has 4 rings (SSSR count). The molecule has 214 valence electrons. The molecule has 0 spiro atoms. The highest BCUT2D eigenvalue weighted by Gasteiger charge is 2.19. The molecular formula is C30H41N7O3. The molecule has 0 saturated heterocycles. The zero-order chi connectivity index (χ0) is 27.8. The van der Waals surface area contributed by atoms with Gasteiger partial charge in [-0.2, -0.15) is 15.0 Å². The molecule has 2 aromatic carbocycles. The summed E-state index contributed by atoms with van der Waals surface area (Å²) < 4.78 is 11.2. The first-order valence-electron chi connectivity index (χ1n) is 14.2. The molecule has 0 atom stereocenters. The number of carbonyl (C=O) groups excluding carboxylic acids is 1. The van der Waals surface area contributed by atoms with Crippen molar-refractivity contribution in [3.05, 3.63) is 71.8 Å². The molecule has 0 bridgehead atoms. The average Bonchev–Trinajstić information content (AvgIpc) is 2.99. The first-order chi connectivity index (χ1) is 19.7. The van der Waals surface area contributed by atoms with Crippen LogP contribution in [0.1, 0.15) is 48.5 Å². The maximum Gasteiger partial charge on any atom is 0.251 e. The maximum atomic E-state index is 12.0. The summed E-state index contributed by atoms with van der Waals surface area (Å²) in [7, 11) is 0. The Balaban J connectivity index is 1.16. The van der Waals surface area contributed by atoms with Crippen molar-refractivity contribution in [1.29, 1.82) is 0 Å². The van der Waals surface area contributed by atoms with E-state index in [1.807, 2.05) is 36.4 Å². The number of nitrogens with one attached hydrogen (secondary N) is 4. The molecule has 4 N–H and O–H groups in total. The molecular weight excluding hydrogens is 506 g/mol. The molecule has 10 nitrogen and oxygen atoms in total. The van der Waals surface area contributed by atoms with Gasteiger partial charge in [-0.1, -0.05) is 55.5 Å². The van der Waals surface area contributed by atoms with Crippen molar-refractivity contribution in [2.45, 2.75) is 45.2 Å². The Morgan fingerprint density at radius 3 is 2.05 bits per heavy atom. The summed E-state index contributed by atoms with van der Waals surface area (Å²) in [5.74, 6) is 2.30. The zero-order valence-corrected chi connectivity index (χ0v) is 23.3. The third kappa shape index (κ3) is 10.4. The Morgan fingerprint density at radius 1 is 0.750 bits per heavy atom. The summed E-state index contributed by atoms with van der Waals surface area (Å²) in [6, 6.07) is 19.7. The van der Waals surface area contributed by atoms with E-state index in [1.54, 1.807) is 12.1 Å². The van der Waals surface area contributed by atoms with Crippen LogP contribution in [-0.4, -0.2) is 66.4 Å². The minimum atomic E-state index is -0.102. The van der Waals surface area contributed by atoms with Gasteiger partial charge < -0.3 is 30.7 Å². The number of ether oxygens (including phenoxy) is 2. The van der Waals surface area contributed by atoms with Crippen LogP contribution in [0.4, 0.5) is 17.8 Å². The number of hydrogen-bond acceptors (Lipinski definition) is 9. The van der Waals surface area contributed by atoms with E-state index < -0.39 is 0 Å². The van der Waals surface area contributed by atoms with Crippen molar-refractivity contribution in [3.8, 4) is 0 Å². The summed E-state index contributed by atoms with van der Waals surface area (Å²) in [6.45, 7) is 5.77. The lowest BCUT2D eigenvalue weighted by atomic mass is 9.87. The van der Waals surface area contributed by atoms with Crippen molar-refractivity contribution in [1.82, 2.24) is 20.3 Å². The van der Waals surface area contributed by atoms with Crippen LogP contribution in [0.15, 0.2) is 60.7 Å². The topological polar surface area (TPSA) is 122 Å². The van der Waals surface area contributed by atoms with Gasteiger partial charge in [-0.05, 0) is 49.3 Å². The Hall–Kier alpha value is -3.76. The molecule has 40 heavy (non-hydrogen) atoms. The first-order valence-corrected chi connectivity index (χ1v) is 14.2. The minimum absolute atomic E-state index is 0.102. The van der Waals surface area contributed by atoms with Gasteiger partial charge in [0.25, 0.3) is 5.91 Å². The molecule has 10 heteroatoms. The van der Waals surface area contributed by atoms with Crippen molar-refractivity contribution in [2.75, 3.05) is 55.5 Å². The third-order valence-electron chi connectivity index (χ3n) is 6.75. The van der Waals surface area contributed by atoms with Crippen LogP contribution >= 0.6 is 0 Å². The van der Waals surface area contributed by atoms with Gasteiger partial charge >= 0.3 is 0 Å². The molecule has 3 aromatic rings. The van der Waals surface area contributed by atoms with E-state index >= 15 is 0 Å². The van der Waals surface area contributed by atoms with Gasteiger partial charge in [0.1, 0.15) is 0 Å². The molecule has 1 amide bonds. The minimum Gasteiger partial charge on any atom is -0.377 e. The number of rotatable bonds is 16. The van der Waals surface area contributed by atoms with Gasteiger partial charge in [0.15, 0.2) is 0 Å². The summed E-state index contributed by atoms with van der Waals surface area (Å²) in [4.78, 5) is 25.8. The number of amides is 1. The number of carbonyl (C=O) groups is 1. The third-order valence-corrected chi connectivity index (χ3v) is 6.75. The van der Waals surface area contributed by atoms with Crippen LogP contribution < -0.4 is 21.3 Å². The van der Waals surface area contributed by atoms with Crippen LogP contribution in [-0.2, 0) is 16.0 Å². The van der Waals surface area contributed by atoms with Gasteiger partial charge in [0, 0.05) is 31.2 Å². The van der Waals surface area contributed by atoms with Crippen molar-refractivity contribution in [3.63, 3.8) is 0 Å². The molecule has 1 saturated carbocycles. The predicted octanol–water partition coefficient (Wildman–Crippen LogP) is 4.35. The van der Waals surface area contributed by atoms with E-state index in [9.17, 15) is 4.79 Å². The average molecular weight is 548 g/mol. The number of anilines is 3. The molecule has 0 aliphatic heterocycles. The highest BCUT2D eigenvalue weighted by Crippen LogP contribution is 2.25. The lowest BCUT2D eigenvalue weighted by Gasteiger charge is -2.27. The van der Waals surface area contributed by atoms with E-state index in [0.29, 0.717) is 75.5 Å². The van der Waals surface area contributed by atoms with Crippen LogP contribution in [0.3, 0.4) is 0 Å². The Labute approximate surface area is 236 Å². The fourth-order valence-corrected chi connectivity index (χ4v) is 4.45. The fourth-order valence-electron chi connectivity index (χ4n) is 4.45. The number of benzene rings is 2. The van der Waals surface area contributed by atoms with Crippen molar-refractivity contribution >= 4 is 23.8 Å². The largest absolute Gasteiger partial charge is 0.377 e. The molecule has 1 aromatic heterocycles. The van der Waals surface area contributed by atoms with Gasteiger partial charge in [-0.15, -0.1) is 0 Å². The Bertz CT molecular complexity index is 1140. The smallest absolute Gasteiger partial charge is 0.251 e. The lowest BCUT2D eigenvalue weighted by molar-refractivity contribution is 0.0519. The fraction of sp³-hybridized carbons (Fsp3) is 0.467. The summed E-state index contributed by atoms with van der Waals surface area (Å²) >= 11 is 0. The van der Waals surface area contributed by atoms with Gasteiger partial charge in [-0.25, -0.2) is 0 Å². The van der Waals surface area contributed by atoms with Crippen LogP contribution in [0.25, 0.3) is 0 Å². The molecule has 0 unspecified atom stereocenters. The van der Waals surface area contributed by atoms with E-state index in [0.717, 1.165) is 24.3 Å². The van der Waals surface area contributed by atoms with Crippen LogP contribution in [0.2, 0.25) is 0 Å². The monoisotopic (exact) mass is 547 g/mol. The maximum absolute atomic E-state index is 12.0. The second kappa shape index (κ2) is 16.4. The summed E-state index contributed by atoms with van der Waals surface area (Å²) in [6.07, 6.45) is 4.68. The second-order valence-corrected chi connectivity index (χ2v) is 10.0. The van der Waals surface area contributed by atoms with Crippen LogP contribution in [0, 0.1) is 5.92 Å². The summed E-state index contributed by atoms with van der Waals surface area (Å²) in [5.41, 5.74) is 1.80. The van der Waals surface area contributed by atoms with Gasteiger partial charge in [0.2, 0.25) is 17.8 Å². The predicted molar refractivity (Wildman–Crippen MR) is 158 cm³/mol. The molecule has 1 heterocycles. The van der Waals surface area contributed by atoms with E-state index in [4.69, 9.17) is 9.47 Å². The van der Waals surface area contributed by atoms with E-state index in [2.05, 4.69) is 55.3 Å². The van der Waals surface area contributed by atoms with Crippen LogP contribution in [0.5, 0.6) is 0 Å². The van der Waals surface area contributed by atoms with Gasteiger partial charge in [-0.3, -0.25) is 4.79 Å². The molecule has 1 aliphatic rings. The summed E-state index contributed by atoms with van der Waals surface area (Å²) in [5, 5.41) is 12.9. The van der Waals surface area contributed by atoms with Crippen molar-refractivity contribution < 1.29 is 14.3 Å². The molecule has 1 fully saturated rings. The second-order valence-electron chi connectivity index (χ2n) is 10.0. The quantitative estimate of drug-likeness (QED) is 0.194. The first kappa shape index (κ1) is 29.2. The highest BCUT2D eigenvalue weighted by molar-refractivity contribution is 5.94.